The molecule has 154 valence electrons. The normalized spacial score (nSPS) is 26.7. The zero-order chi connectivity index (χ0) is 21.0. The molecule has 5 nitrogen and oxygen atoms in total. The number of benzene rings is 2. The summed E-state index contributed by atoms with van der Waals surface area (Å²) in [5, 5.41) is 3.10. The minimum atomic E-state index is -1.05. The Morgan fingerprint density at radius 2 is 1.83 bits per heavy atom. The summed E-state index contributed by atoms with van der Waals surface area (Å²) in [4.78, 5) is 32.2. The molecule has 2 aliphatic carbocycles. The van der Waals surface area contributed by atoms with Crippen LogP contribution in [-0.2, 0) is 9.59 Å². The molecule has 0 unspecified atom stereocenters. The van der Waals surface area contributed by atoms with Gasteiger partial charge in [-0.2, -0.15) is 0 Å². The van der Waals surface area contributed by atoms with E-state index >= 15 is 0 Å². The van der Waals surface area contributed by atoms with E-state index in [1.807, 2.05) is 0 Å². The highest BCUT2D eigenvalue weighted by Crippen LogP contribution is 2.59. The number of amides is 2. The van der Waals surface area contributed by atoms with Gasteiger partial charge in [0, 0.05) is 22.3 Å². The van der Waals surface area contributed by atoms with E-state index in [1.165, 1.54) is 11.0 Å². The van der Waals surface area contributed by atoms with E-state index in [0.29, 0.717) is 28.1 Å². The summed E-state index contributed by atoms with van der Waals surface area (Å²) in [5.74, 6) is -1.77. The number of carbonyl (C=O) groups excluding carboxylic acids is 2. The lowest BCUT2D eigenvalue weighted by molar-refractivity contribution is -0.133. The van der Waals surface area contributed by atoms with Crippen molar-refractivity contribution in [3.05, 3.63) is 64.7 Å². The van der Waals surface area contributed by atoms with Gasteiger partial charge in [0.05, 0.1) is 0 Å². The summed E-state index contributed by atoms with van der Waals surface area (Å²) in [6.07, 6.45) is 2.61. The van der Waals surface area contributed by atoms with E-state index in [0.717, 1.165) is 31.4 Å². The lowest BCUT2D eigenvalue weighted by Crippen LogP contribution is -2.49. The Bertz CT molecular complexity index is 1080. The number of halogens is 3. The summed E-state index contributed by atoms with van der Waals surface area (Å²) < 4.78 is 26.6. The van der Waals surface area contributed by atoms with E-state index in [9.17, 15) is 18.4 Å². The maximum absolute atomic E-state index is 13.4. The van der Waals surface area contributed by atoms with Crippen LogP contribution in [0.4, 0.5) is 14.5 Å². The summed E-state index contributed by atoms with van der Waals surface area (Å²) in [6.45, 7) is -0.210. The second-order valence-electron chi connectivity index (χ2n) is 8.18. The number of nitrogens with one attached hydrogen (secondary N) is 1. The van der Waals surface area contributed by atoms with Crippen LogP contribution in [0.2, 0.25) is 5.02 Å². The molecule has 0 radical (unpaired) electrons. The first-order valence-corrected chi connectivity index (χ1v) is 10.2. The maximum Gasteiger partial charge on any atom is 0.275 e. The van der Waals surface area contributed by atoms with Gasteiger partial charge >= 0.3 is 0 Å². The molecule has 5 rings (SSSR count). The first kappa shape index (κ1) is 19.2. The Kier molecular flexibility index (Phi) is 4.39. The van der Waals surface area contributed by atoms with Crippen molar-refractivity contribution in [2.45, 2.75) is 24.9 Å². The van der Waals surface area contributed by atoms with Gasteiger partial charge in [-0.1, -0.05) is 23.7 Å². The molecular weight excluding hydrogens is 412 g/mol. The first-order valence-electron chi connectivity index (χ1n) is 9.77. The summed E-state index contributed by atoms with van der Waals surface area (Å²) in [6, 6.07) is 10.0. The van der Waals surface area contributed by atoms with Crippen LogP contribution in [0, 0.1) is 23.5 Å². The molecule has 2 aromatic carbocycles. The molecule has 0 bridgehead atoms. The predicted molar refractivity (Wildman–Crippen MR) is 108 cm³/mol. The standard InChI is InChI=1S/C22H18ClF2N3O2/c23-15-3-1-12(2-4-15)20-21(30)28(22(27-20)9-13-7-14(13)10-22)11-19(29)26-16-5-6-17(24)18(25)8-16/h1-6,8,13-14H,7,9-11H2,(H,26,29)/t13-,14+,22-. The van der Waals surface area contributed by atoms with Gasteiger partial charge in [-0.3, -0.25) is 14.6 Å². The third kappa shape index (κ3) is 3.27. The van der Waals surface area contributed by atoms with E-state index in [4.69, 9.17) is 16.6 Å². The molecule has 0 saturated heterocycles. The summed E-state index contributed by atoms with van der Waals surface area (Å²) in [7, 11) is 0. The highest BCUT2D eigenvalue weighted by Gasteiger charge is 2.60. The Morgan fingerprint density at radius 1 is 1.13 bits per heavy atom. The molecule has 1 heterocycles. The molecule has 2 aromatic rings. The molecule has 1 N–H and O–H groups in total. The number of anilines is 1. The van der Waals surface area contributed by atoms with Crippen molar-refractivity contribution < 1.29 is 18.4 Å². The number of fused-ring (bicyclic) bond motifs is 1. The zero-order valence-corrected chi connectivity index (χ0v) is 16.6. The predicted octanol–water partition coefficient (Wildman–Crippen LogP) is 4.01. The highest BCUT2D eigenvalue weighted by molar-refractivity contribution is 6.47. The van der Waals surface area contributed by atoms with Crippen molar-refractivity contribution in [3.8, 4) is 0 Å². The molecule has 1 spiro atoms. The largest absolute Gasteiger partial charge is 0.324 e. The van der Waals surface area contributed by atoms with Crippen LogP contribution in [0.25, 0.3) is 0 Å². The van der Waals surface area contributed by atoms with Gasteiger partial charge in [-0.05, 0) is 55.4 Å². The Labute approximate surface area is 176 Å². The Morgan fingerprint density at radius 3 is 2.50 bits per heavy atom. The quantitative estimate of drug-likeness (QED) is 0.798. The van der Waals surface area contributed by atoms with Crippen molar-refractivity contribution in [2.75, 3.05) is 11.9 Å². The molecule has 2 fully saturated rings. The molecule has 1 aliphatic heterocycles. The number of nitrogens with zero attached hydrogens (tertiary/aromatic N) is 2. The Balaban J connectivity index is 1.39. The fraction of sp³-hybridized carbons (Fsp3) is 0.318. The van der Waals surface area contributed by atoms with Crippen LogP contribution >= 0.6 is 11.6 Å². The lowest BCUT2D eigenvalue weighted by Gasteiger charge is -2.33. The van der Waals surface area contributed by atoms with Gasteiger partial charge < -0.3 is 10.2 Å². The fourth-order valence-corrected chi connectivity index (χ4v) is 4.74. The number of aliphatic imine (C=N–C) groups is 1. The average molecular weight is 430 g/mol. The molecule has 30 heavy (non-hydrogen) atoms. The van der Waals surface area contributed by atoms with E-state index in [-0.39, 0.29) is 18.1 Å². The van der Waals surface area contributed by atoms with Gasteiger partial charge in [0.2, 0.25) is 5.91 Å². The molecule has 2 saturated carbocycles. The smallest absolute Gasteiger partial charge is 0.275 e. The van der Waals surface area contributed by atoms with Crippen molar-refractivity contribution in [2.24, 2.45) is 16.8 Å². The van der Waals surface area contributed by atoms with Crippen LogP contribution < -0.4 is 5.32 Å². The van der Waals surface area contributed by atoms with Crippen molar-refractivity contribution >= 4 is 34.8 Å². The van der Waals surface area contributed by atoms with Crippen LogP contribution in [-0.4, -0.2) is 34.6 Å². The van der Waals surface area contributed by atoms with Crippen LogP contribution in [0.1, 0.15) is 24.8 Å². The van der Waals surface area contributed by atoms with Gasteiger partial charge in [0.25, 0.3) is 5.91 Å². The number of hydrogen-bond acceptors (Lipinski definition) is 3. The van der Waals surface area contributed by atoms with Gasteiger partial charge in [-0.15, -0.1) is 0 Å². The van der Waals surface area contributed by atoms with E-state index < -0.39 is 23.2 Å². The minimum absolute atomic E-state index is 0.132. The highest BCUT2D eigenvalue weighted by atomic mass is 35.5. The number of rotatable bonds is 4. The molecule has 0 aromatic heterocycles. The second-order valence-corrected chi connectivity index (χ2v) is 8.62. The minimum Gasteiger partial charge on any atom is -0.324 e. The third-order valence-corrected chi connectivity index (χ3v) is 6.39. The summed E-state index contributed by atoms with van der Waals surface area (Å²) in [5.41, 5.74) is 0.402. The second kappa shape index (κ2) is 6.87. The molecule has 3 aliphatic rings. The van der Waals surface area contributed by atoms with Gasteiger partial charge in [0.15, 0.2) is 11.6 Å². The molecule has 2 amide bonds. The van der Waals surface area contributed by atoms with Crippen molar-refractivity contribution in [1.82, 2.24) is 4.90 Å². The number of hydrogen-bond donors (Lipinski definition) is 1. The van der Waals surface area contributed by atoms with Crippen molar-refractivity contribution in [3.63, 3.8) is 0 Å². The SMILES string of the molecule is O=C(CN1C(=O)C(c2ccc(Cl)cc2)=N[C@]12C[C@H]1C[C@H]1C2)Nc1ccc(F)c(F)c1. The van der Waals surface area contributed by atoms with Gasteiger partial charge in [-0.25, -0.2) is 8.78 Å². The van der Waals surface area contributed by atoms with Crippen molar-refractivity contribution in [1.29, 1.82) is 0 Å². The van der Waals surface area contributed by atoms with Crippen LogP contribution in [0.3, 0.4) is 0 Å². The maximum atomic E-state index is 13.4. The first-order chi connectivity index (χ1) is 14.3. The zero-order valence-electron chi connectivity index (χ0n) is 15.9. The lowest BCUT2D eigenvalue weighted by atomic mass is 10.0. The monoisotopic (exact) mass is 429 g/mol. The summed E-state index contributed by atoms with van der Waals surface area (Å²) >= 11 is 5.96. The fourth-order valence-electron chi connectivity index (χ4n) is 4.61. The molecular formula is C22H18ClF2N3O2. The topological polar surface area (TPSA) is 61.8 Å². The molecule has 3 atom stereocenters. The van der Waals surface area contributed by atoms with Gasteiger partial charge in [0.1, 0.15) is 17.9 Å². The molecule has 8 heteroatoms. The van der Waals surface area contributed by atoms with Crippen LogP contribution in [0.15, 0.2) is 47.5 Å². The number of carbonyl (C=O) groups is 2. The van der Waals surface area contributed by atoms with E-state index in [2.05, 4.69) is 5.32 Å². The average Bonchev–Trinajstić information content (AvgIpc) is 3.25. The van der Waals surface area contributed by atoms with Crippen LogP contribution in [0.5, 0.6) is 0 Å². The Hall–Kier alpha value is -2.80. The third-order valence-electron chi connectivity index (χ3n) is 6.14. The van der Waals surface area contributed by atoms with E-state index in [1.54, 1.807) is 24.3 Å².